The molecular formula is C14H23NO3. The lowest BCUT2D eigenvalue weighted by atomic mass is 9.96. The normalized spacial score (nSPS) is 20.4. The molecule has 102 valence electrons. The lowest BCUT2D eigenvalue weighted by molar-refractivity contribution is -0.121. The number of rotatable bonds is 2. The lowest BCUT2D eigenvalue weighted by Gasteiger charge is -2.35. The number of piperidine rings is 1. The Morgan fingerprint density at radius 2 is 1.89 bits per heavy atom. The van der Waals surface area contributed by atoms with Crippen LogP contribution in [0.15, 0.2) is 12.2 Å². The van der Waals surface area contributed by atoms with Gasteiger partial charge in [-0.3, -0.25) is 9.69 Å². The summed E-state index contributed by atoms with van der Waals surface area (Å²) in [6, 6.07) is -0.397. The predicted octanol–water partition coefficient (Wildman–Crippen LogP) is 2.92. The molecule has 1 aliphatic rings. The second kappa shape index (κ2) is 5.55. The first-order valence-electron chi connectivity index (χ1n) is 6.42. The van der Waals surface area contributed by atoms with Gasteiger partial charge in [0.05, 0.1) is 6.04 Å². The number of carbonyl (C=O) groups is 2. The molecule has 4 nitrogen and oxygen atoms in total. The first kappa shape index (κ1) is 14.7. The molecule has 0 aromatic carbocycles. The van der Waals surface area contributed by atoms with Crippen molar-refractivity contribution >= 4 is 11.9 Å². The molecule has 1 amide bonds. The van der Waals surface area contributed by atoms with Crippen molar-refractivity contribution in [1.29, 1.82) is 0 Å². The van der Waals surface area contributed by atoms with E-state index in [1.165, 1.54) is 0 Å². The van der Waals surface area contributed by atoms with Crippen molar-refractivity contribution in [3.05, 3.63) is 12.2 Å². The summed E-state index contributed by atoms with van der Waals surface area (Å²) < 4.78 is 5.34. The molecule has 0 radical (unpaired) electrons. The molecule has 18 heavy (non-hydrogen) atoms. The van der Waals surface area contributed by atoms with Crippen molar-refractivity contribution in [2.45, 2.75) is 58.6 Å². The van der Waals surface area contributed by atoms with Crippen LogP contribution in [0.5, 0.6) is 0 Å². The van der Waals surface area contributed by atoms with E-state index in [4.69, 9.17) is 4.74 Å². The molecule has 0 aromatic rings. The number of nitrogens with zero attached hydrogens (tertiary/aromatic N) is 1. The summed E-state index contributed by atoms with van der Waals surface area (Å²) in [5.41, 5.74) is -0.0406. The molecule has 0 spiro atoms. The summed E-state index contributed by atoms with van der Waals surface area (Å²) in [5, 5.41) is 0. The Bertz CT molecular complexity index is 355. The fourth-order valence-electron chi connectivity index (χ4n) is 2.03. The van der Waals surface area contributed by atoms with Gasteiger partial charge in [-0.1, -0.05) is 6.58 Å². The van der Waals surface area contributed by atoms with Crippen LogP contribution in [0.25, 0.3) is 0 Å². The predicted molar refractivity (Wildman–Crippen MR) is 70.4 cm³/mol. The molecule has 1 fully saturated rings. The first-order valence-corrected chi connectivity index (χ1v) is 6.42. The van der Waals surface area contributed by atoms with Crippen LogP contribution in [0.4, 0.5) is 4.79 Å². The molecule has 0 aromatic heterocycles. The van der Waals surface area contributed by atoms with Gasteiger partial charge >= 0.3 is 6.09 Å². The van der Waals surface area contributed by atoms with Crippen LogP contribution < -0.4 is 0 Å². The summed E-state index contributed by atoms with van der Waals surface area (Å²) in [7, 11) is 0. The zero-order chi connectivity index (χ0) is 13.9. The standard InChI is InChI=1S/C14H23NO3/c1-10(2)12(16)11-8-6-7-9-15(11)13(17)18-14(3,4)5/h11H,1,6-9H2,2-5H3/t11-/m1/s1. The molecule has 0 aliphatic carbocycles. The molecule has 0 saturated carbocycles. The van der Waals surface area contributed by atoms with E-state index in [1.54, 1.807) is 11.8 Å². The number of ether oxygens (including phenoxy) is 1. The first-order chi connectivity index (χ1) is 8.22. The maximum absolute atomic E-state index is 12.1. The van der Waals surface area contributed by atoms with Crippen LogP contribution in [0, 0.1) is 0 Å². The number of ketones is 1. The highest BCUT2D eigenvalue weighted by Gasteiger charge is 2.34. The second-order valence-electron chi connectivity index (χ2n) is 5.83. The molecule has 1 heterocycles. The third-order valence-corrected chi connectivity index (χ3v) is 2.85. The summed E-state index contributed by atoms with van der Waals surface area (Å²) in [6.07, 6.45) is 2.18. The average Bonchev–Trinajstić information content (AvgIpc) is 2.25. The fraction of sp³-hybridized carbons (Fsp3) is 0.714. The zero-order valence-electron chi connectivity index (χ0n) is 11.8. The largest absolute Gasteiger partial charge is 0.444 e. The Kier molecular flexibility index (Phi) is 4.54. The van der Waals surface area contributed by atoms with Crippen LogP contribution in [0.1, 0.15) is 47.0 Å². The van der Waals surface area contributed by atoms with Gasteiger partial charge in [0, 0.05) is 6.54 Å². The van der Waals surface area contributed by atoms with E-state index in [0.717, 1.165) is 12.8 Å². The van der Waals surface area contributed by atoms with Crippen LogP contribution in [0.2, 0.25) is 0 Å². The van der Waals surface area contributed by atoms with E-state index in [-0.39, 0.29) is 5.78 Å². The molecule has 1 aliphatic heterocycles. The van der Waals surface area contributed by atoms with Crippen LogP contribution in [0.3, 0.4) is 0 Å². The Hall–Kier alpha value is -1.32. The van der Waals surface area contributed by atoms with E-state index in [9.17, 15) is 9.59 Å². The van der Waals surface area contributed by atoms with Crippen molar-refractivity contribution in [3.63, 3.8) is 0 Å². The van der Waals surface area contributed by atoms with Crippen molar-refractivity contribution < 1.29 is 14.3 Å². The molecular weight excluding hydrogens is 230 g/mol. The van der Waals surface area contributed by atoms with Crippen LogP contribution in [-0.2, 0) is 9.53 Å². The number of likely N-dealkylation sites (tertiary alicyclic amines) is 1. The van der Waals surface area contributed by atoms with Gasteiger partial charge in [-0.2, -0.15) is 0 Å². The van der Waals surface area contributed by atoms with Gasteiger partial charge < -0.3 is 4.74 Å². The number of hydrogen-bond donors (Lipinski definition) is 0. The zero-order valence-corrected chi connectivity index (χ0v) is 11.8. The highest BCUT2D eigenvalue weighted by molar-refractivity contribution is 6.00. The minimum absolute atomic E-state index is 0.0550. The molecule has 0 unspecified atom stereocenters. The van der Waals surface area contributed by atoms with E-state index >= 15 is 0 Å². The van der Waals surface area contributed by atoms with Crippen molar-refractivity contribution in [3.8, 4) is 0 Å². The van der Waals surface area contributed by atoms with Crippen LogP contribution >= 0.6 is 0 Å². The van der Waals surface area contributed by atoms with Gasteiger partial charge in [-0.05, 0) is 52.5 Å². The number of Topliss-reactive ketones (excluding diaryl/α,β-unsaturated/α-hetero) is 1. The molecule has 1 atom stereocenters. The van der Waals surface area contributed by atoms with Gasteiger partial charge in [0.1, 0.15) is 5.60 Å². The van der Waals surface area contributed by atoms with Gasteiger partial charge in [-0.25, -0.2) is 4.79 Å². The maximum atomic E-state index is 12.1. The quantitative estimate of drug-likeness (QED) is 0.711. The fourth-order valence-corrected chi connectivity index (χ4v) is 2.03. The van der Waals surface area contributed by atoms with Gasteiger partial charge in [-0.15, -0.1) is 0 Å². The van der Waals surface area contributed by atoms with Crippen molar-refractivity contribution in [2.24, 2.45) is 0 Å². The monoisotopic (exact) mass is 253 g/mol. The Balaban J connectivity index is 2.79. The summed E-state index contributed by atoms with van der Waals surface area (Å²) >= 11 is 0. The van der Waals surface area contributed by atoms with Gasteiger partial charge in [0.25, 0.3) is 0 Å². The van der Waals surface area contributed by atoms with Crippen molar-refractivity contribution in [1.82, 2.24) is 4.90 Å². The number of amides is 1. The summed E-state index contributed by atoms with van der Waals surface area (Å²) in [4.78, 5) is 25.6. The second-order valence-corrected chi connectivity index (χ2v) is 5.83. The summed E-state index contributed by atoms with van der Waals surface area (Å²) in [6.45, 7) is 11.4. The summed E-state index contributed by atoms with van der Waals surface area (Å²) in [5.74, 6) is -0.0550. The molecule has 0 N–H and O–H groups in total. The third kappa shape index (κ3) is 3.86. The van der Waals surface area contributed by atoms with E-state index in [0.29, 0.717) is 18.5 Å². The van der Waals surface area contributed by atoms with Crippen LogP contribution in [-0.4, -0.2) is 35.0 Å². The highest BCUT2D eigenvalue weighted by Crippen LogP contribution is 2.22. The molecule has 4 heteroatoms. The molecule has 0 bridgehead atoms. The average molecular weight is 253 g/mol. The van der Waals surface area contributed by atoms with Crippen molar-refractivity contribution in [2.75, 3.05) is 6.54 Å². The minimum Gasteiger partial charge on any atom is -0.444 e. The Morgan fingerprint density at radius 1 is 1.28 bits per heavy atom. The molecule has 1 rings (SSSR count). The van der Waals surface area contributed by atoms with Gasteiger partial charge in [0.2, 0.25) is 0 Å². The topological polar surface area (TPSA) is 46.6 Å². The Labute approximate surface area is 109 Å². The molecule has 1 saturated heterocycles. The van der Waals surface area contributed by atoms with E-state index in [2.05, 4.69) is 6.58 Å². The third-order valence-electron chi connectivity index (χ3n) is 2.85. The van der Waals surface area contributed by atoms with E-state index in [1.807, 2.05) is 20.8 Å². The maximum Gasteiger partial charge on any atom is 0.410 e. The smallest absolute Gasteiger partial charge is 0.410 e. The van der Waals surface area contributed by atoms with E-state index < -0.39 is 17.7 Å². The lowest BCUT2D eigenvalue weighted by Crippen LogP contribution is -2.49. The highest BCUT2D eigenvalue weighted by atomic mass is 16.6. The number of carbonyl (C=O) groups excluding carboxylic acids is 2. The number of hydrogen-bond acceptors (Lipinski definition) is 3. The Morgan fingerprint density at radius 3 is 2.39 bits per heavy atom. The SMILES string of the molecule is C=C(C)C(=O)[C@H]1CCCCN1C(=O)OC(C)(C)C. The minimum atomic E-state index is -0.536. The van der Waals surface area contributed by atoms with Gasteiger partial charge in [0.15, 0.2) is 5.78 Å².